The van der Waals surface area contributed by atoms with Crippen LogP contribution < -0.4 is 16.0 Å². The van der Waals surface area contributed by atoms with Gasteiger partial charge in [-0.25, -0.2) is 0 Å². The number of hydrazine groups is 1. The second kappa shape index (κ2) is 9.78. The fourth-order valence-electron chi connectivity index (χ4n) is 2.86. The Morgan fingerprint density at radius 2 is 1.65 bits per heavy atom. The molecule has 0 aromatic heterocycles. The summed E-state index contributed by atoms with van der Waals surface area (Å²) < 4.78 is 5.19. The highest BCUT2D eigenvalue weighted by atomic mass is 16.5. The van der Waals surface area contributed by atoms with Crippen LogP contribution in [-0.4, -0.2) is 13.2 Å². The van der Waals surface area contributed by atoms with Crippen LogP contribution in [0.15, 0.2) is 24.3 Å². The van der Waals surface area contributed by atoms with Gasteiger partial charge in [0.2, 0.25) is 0 Å². The average Bonchev–Trinajstić information content (AvgIpc) is 2.49. The molecule has 1 aromatic rings. The van der Waals surface area contributed by atoms with Crippen molar-refractivity contribution in [3.8, 4) is 5.75 Å². The summed E-state index contributed by atoms with van der Waals surface area (Å²) in [6.07, 6.45) is 7.11. The molecule has 1 atom stereocenters. The first-order chi connectivity index (χ1) is 9.74. The van der Waals surface area contributed by atoms with Crippen LogP contribution in [0.4, 0.5) is 0 Å². The van der Waals surface area contributed by atoms with E-state index in [1.54, 1.807) is 7.11 Å². The van der Waals surface area contributed by atoms with E-state index in [-0.39, 0.29) is 0 Å². The Labute approximate surface area is 123 Å². The zero-order valence-corrected chi connectivity index (χ0v) is 13.2. The summed E-state index contributed by atoms with van der Waals surface area (Å²) >= 11 is 0. The molecule has 1 unspecified atom stereocenters. The van der Waals surface area contributed by atoms with Crippen molar-refractivity contribution in [1.82, 2.24) is 5.43 Å². The summed E-state index contributed by atoms with van der Waals surface area (Å²) in [5, 5.41) is 0. The fourth-order valence-corrected chi connectivity index (χ4v) is 2.86. The molecule has 0 spiro atoms. The van der Waals surface area contributed by atoms with E-state index < -0.39 is 0 Å². The molecule has 0 radical (unpaired) electrons. The van der Waals surface area contributed by atoms with E-state index in [2.05, 4.69) is 31.4 Å². The van der Waals surface area contributed by atoms with Gasteiger partial charge >= 0.3 is 0 Å². The molecule has 0 fully saturated rings. The highest BCUT2D eigenvalue weighted by Crippen LogP contribution is 2.21. The van der Waals surface area contributed by atoms with E-state index >= 15 is 0 Å². The third kappa shape index (κ3) is 5.51. The van der Waals surface area contributed by atoms with Crippen molar-refractivity contribution in [2.24, 2.45) is 11.8 Å². The van der Waals surface area contributed by atoms with Crippen molar-refractivity contribution in [3.63, 3.8) is 0 Å². The van der Waals surface area contributed by atoms with Gasteiger partial charge in [-0.1, -0.05) is 38.8 Å². The Hall–Kier alpha value is -1.06. The number of nitrogens with one attached hydrogen (secondary N) is 1. The van der Waals surface area contributed by atoms with E-state index in [1.807, 2.05) is 12.1 Å². The van der Waals surface area contributed by atoms with Crippen molar-refractivity contribution in [2.45, 2.75) is 58.4 Å². The second-order valence-corrected chi connectivity index (χ2v) is 5.50. The SMILES string of the molecule is CCCC(CCC)C(CCc1ccc(OC)cc1)NN. The fraction of sp³-hybridized carbons (Fsp3) is 0.647. The Kier molecular flexibility index (Phi) is 8.31. The lowest BCUT2D eigenvalue weighted by Gasteiger charge is -2.26. The zero-order chi connectivity index (χ0) is 14.8. The number of hydrogen-bond acceptors (Lipinski definition) is 3. The van der Waals surface area contributed by atoms with Crippen LogP contribution in [0.1, 0.15) is 51.5 Å². The largest absolute Gasteiger partial charge is 0.497 e. The van der Waals surface area contributed by atoms with E-state index in [0.29, 0.717) is 12.0 Å². The number of benzene rings is 1. The summed E-state index contributed by atoms with van der Waals surface area (Å²) in [7, 11) is 1.70. The number of ether oxygens (including phenoxy) is 1. The molecular formula is C17H30N2O. The van der Waals surface area contributed by atoms with E-state index in [1.165, 1.54) is 31.2 Å². The molecule has 0 saturated carbocycles. The molecule has 20 heavy (non-hydrogen) atoms. The average molecular weight is 278 g/mol. The van der Waals surface area contributed by atoms with Gasteiger partial charge in [-0.15, -0.1) is 0 Å². The lowest BCUT2D eigenvalue weighted by Crippen LogP contribution is -2.41. The van der Waals surface area contributed by atoms with Crippen LogP contribution in [0.3, 0.4) is 0 Å². The first-order valence-electron chi connectivity index (χ1n) is 7.84. The van der Waals surface area contributed by atoms with Gasteiger partial charge in [0.05, 0.1) is 7.11 Å². The molecule has 3 nitrogen and oxygen atoms in total. The number of hydrogen-bond donors (Lipinski definition) is 2. The van der Waals surface area contributed by atoms with Crippen LogP contribution in [-0.2, 0) is 6.42 Å². The Morgan fingerprint density at radius 3 is 2.10 bits per heavy atom. The monoisotopic (exact) mass is 278 g/mol. The molecule has 0 aliphatic heterocycles. The molecule has 0 heterocycles. The molecule has 0 saturated heterocycles. The lowest BCUT2D eigenvalue weighted by molar-refractivity contribution is 0.299. The van der Waals surface area contributed by atoms with Crippen LogP contribution >= 0.6 is 0 Å². The molecule has 3 heteroatoms. The van der Waals surface area contributed by atoms with Gasteiger partial charge in [-0.2, -0.15) is 0 Å². The molecule has 0 bridgehead atoms. The molecule has 114 valence electrons. The topological polar surface area (TPSA) is 47.3 Å². The number of nitrogens with two attached hydrogens (primary N) is 1. The van der Waals surface area contributed by atoms with Crippen molar-refractivity contribution in [2.75, 3.05) is 7.11 Å². The minimum atomic E-state index is 0.414. The predicted octanol–water partition coefficient (Wildman–Crippen LogP) is 3.68. The minimum Gasteiger partial charge on any atom is -0.497 e. The van der Waals surface area contributed by atoms with Crippen molar-refractivity contribution < 1.29 is 4.74 Å². The summed E-state index contributed by atoms with van der Waals surface area (Å²) in [6, 6.07) is 8.74. The first-order valence-corrected chi connectivity index (χ1v) is 7.84. The first kappa shape index (κ1) is 17.0. The van der Waals surface area contributed by atoms with Crippen LogP contribution in [0.5, 0.6) is 5.75 Å². The summed E-state index contributed by atoms with van der Waals surface area (Å²) in [4.78, 5) is 0. The predicted molar refractivity (Wildman–Crippen MR) is 85.7 cm³/mol. The normalized spacial score (nSPS) is 12.7. The van der Waals surface area contributed by atoms with E-state index in [0.717, 1.165) is 18.6 Å². The zero-order valence-electron chi connectivity index (χ0n) is 13.2. The standard InChI is InChI=1S/C17H30N2O/c1-4-6-15(7-5-2)17(19-18)13-10-14-8-11-16(20-3)12-9-14/h8-9,11-12,15,17,19H,4-7,10,13,18H2,1-3H3. The Bertz CT molecular complexity index is 345. The van der Waals surface area contributed by atoms with E-state index in [4.69, 9.17) is 10.6 Å². The molecule has 1 rings (SSSR count). The number of rotatable bonds is 10. The van der Waals surface area contributed by atoms with Gasteiger partial charge in [0.25, 0.3) is 0 Å². The molecule has 0 amide bonds. The number of aryl methyl sites for hydroxylation is 1. The molecule has 0 aliphatic rings. The summed E-state index contributed by atoms with van der Waals surface area (Å²) in [5.74, 6) is 7.38. The maximum atomic E-state index is 5.77. The van der Waals surface area contributed by atoms with E-state index in [9.17, 15) is 0 Å². The third-order valence-electron chi connectivity index (χ3n) is 4.01. The summed E-state index contributed by atoms with van der Waals surface area (Å²) in [6.45, 7) is 4.50. The molecule has 3 N–H and O–H groups in total. The lowest BCUT2D eigenvalue weighted by atomic mass is 9.87. The molecule has 1 aromatic carbocycles. The maximum absolute atomic E-state index is 5.77. The van der Waals surface area contributed by atoms with Crippen molar-refractivity contribution in [1.29, 1.82) is 0 Å². The van der Waals surface area contributed by atoms with Gasteiger partial charge in [0.1, 0.15) is 5.75 Å². The van der Waals surface area contributed by atoms with Gasteiger partial charge in [0.15, 0.2) is 0 Å². The third-order valence-corrected chi connectivity index (χ3v) is 4.01. The highest BCUT2D eigenvalue weighted by molar-refractivity contribution is 5.27. The van der Waals surface area contributed by atoms with Crippen molar-refractivity contribution >= 4 is 0 Å². The van der Waals surface area contributed by atoms with Gasteiger partial charge in [-0.05, 0) is 49.3 Å². The summed E-state index contributed by atoms with van der Waals surface area (Å²) in [5.41, 5.74) is 4.39. The van der Waals surface area contributed by atoms with Crippen LogP contribution in [0, 0.1) is 5.92 Å². The number of methoxy groups -OCH3 is 1. The van der Waals surface area contributed by atoms with Gasteiger partial charge < -0.3 is 4.74 Å². The molecule has 0 aliphatic carbocycles. The maximum Gasteiger partial charge on any atom is 0.118 e. The Morgan fingerprint density at radius 1 is 1.05 bits per heavy atom. The second-order valence-electron chi connectivity index (χ2n) is 5.50. The van der Waals surface area contributed by atoms with Crippen LogP contribution in [0.25, 0.3) is 0 Å². The Balaban J connectivity index is 2.53. The van der Waals surface area contributed by atoms with Gasteiger partial charge in [-0.3, -0.25) is 11.3 Å². The molecular weight excluding hydrogens is 248 g/mol. The van der Waals surface area contributed by atoms with Gasteiger partial charge in [0, 0.05) is 6.04 Å². The highest BCUT2D eigenvalue weighted by Gasteiger charge is 2.18. The smallest absolute Gasteiger partial charge is 0.118 e. The minimum absolute atomic E-state index is 0.414. The van der Waals surface area contributed by atoms with Crippen molar-refractivity contribution in [3.05, 3.63) is 29.8 Å². The quantitative estimate of drug-likeness (QED) is 0.507. The van der Waals surface area contributed by atoms with Crippen LogP contribution in [0.2, 0.25) is 0 Å².